The van der Waals surface area contributed by atoms with Gasteiger partial charge >= 0.3 is 6.18 Å². The first kappa shape index (κ1) is 25.0. The van der Waals surface area contributed by atoms with Crippen LogP contribution in [-0.2, 0) is 12.6 Å². The Balaban J connectivity index is 1.85. The highest BCUT2D eigenvalue weighted by Crippen LogP contribution is 2.33. The van der Waals surface area contributed by atoms with Crippen molar-refractivity contribution in [2.24, 2.45) is 0 Å². The molecule has 2 N–H and O–H groups in total. The number of rotatable bonds is 6. The number of carbonyl (C=O) groups is 1. The molecule has 178 valence electrons. The molecule has 9 heteroatoms. The molecular weight excluding hydrogens is 445 g/mol. The molecule has 0 aliphatic carbocycles. The van der Waals surface area contributed by atoms with E-state index in [0.29, 0.717) is 23.4 Å². The van der Waals surface area contributed by atoms with Gasteiger partial charge in [-0.05, 0) is 63.6 Å². The second-order valence-corrected chi connectivity index (χ2v) is 8.77. The summed E-state index contributed by atoms with van der Waals surface area (Å²) in [4.78, 5) is 12.2. The average Bonchev–Trinajstić information content (AvgIpc) is 3.04. The largest absolute Gasteiger partial charge is 0.417 e. The van der Waals surface area contributed by atoms with Crippen molar-refractivity contribution in [3.63, 3.8) is 0 Å². The average molecular weight is 470 g/mol. The zero-order chi connectivity index (χ0) is 25.3. The summed E-state index contributed by atoms with van der Waals surface area (Å²) in [6.45, 7) is 6.88. The number of alkyl halides is 3. The predicted octanol–water partition coefficient (Wildman–Crippen LogP) is 4.47. The van der Waals surface area contributed by atoms with Crippen molar-refractivity contribution < 1.29 is 23.1 Å². The first-order valence-corrected chi connectivity index (χ1v) is 10.6. The third-order valence-corrected chi connectivity index (χ3v) is 5.39. The Morgan fingerprint density at radius 1 is 1.15 bits per heavy atom. The maximum absolute atomic E-state index is 13.4. The fraction of sp³-hybridized carbons (Fsp3) is 0.320. The molecule has 0 aliphatic rings. The monoisotopic (exact) mass is 470 g/mol. The van der Waals surface area contributed by atoms with Crippen LogP contribution in [0.3, 0.4) is 0 Å². The summed E-state index contributed by atoms with van der Waals surface area (Å²) < 4.78 is 41.6. The van der Waals surface area contributed by atoms with Crippen LogP contribution in [-0.4, -0.2) is 32.9 Å². The Morgan fingerprint density at radius 2 is 1.79 bits per heavy atom. The summed E-state index contributed by atoms with van der Waals surface area (Å²) in [5.74, 6) is -0.296. The molecule has 0 unspecified atom stereocenters. The fourth-order valence-electron chi connectivity index (χ4n) is 3.55. The van der Waals surface area contributed by atoms with Crippen LogP contribution in [0, 0.1) is 25.2 Å². The number of nitrogens with one attached hydrogen (secondary N) is 1. The Hall–Kier alpha value is -3.64. The van der Waals surface area contributed by atoms with Gasteiger partial charge in [-0.2, -0.15) is 23.5 Å². The van der Waals surface area contributed by atoms with Gasteiger partial charge in [-0.3, -0.25) is 4.79 Å². The number of hydrogen-bond donors (Lipinski definition) is 2. The standard InChI is InChI=1S/C25H25F3N4O2/c1-15-21(11-17-5-7-18(8-6-17)23(33)30-14-24(3,4)34)16(2)32(31-15)20-10-9-19(13-29)22(12-20)25(26,27)28/h5-10,12,34H,11,14H2,1-4H3,(H,30,33). The second-order valence-electron chi connectivity index (χ2n) is 8.77. The first-order chi connectivity index (χ1) is 15.8. The number of nitriles is 1. The summed E-state index contributed by atoms with van der Waals surface area (Å²) in [6, 6.07) is 12.1. The smallest absolute Gasteiger partial charge is 0.389 e. The molecule has 0 fully saturated rings. The topological polar surface area (TPSA) is 90.9 Å². The van der Waals surface area contributed by atoms with E-state index < -0.39 is 22.9 Å². The highest BCUT2D eigenvalue weighted by atomic mass is 19.4. The van der Waals surface area contributed by atoms with Crippen molar-refractivity contribution in [2.75, 3.05) is 6.54 Å². The zero-order valence-corrected chi connectivity index (χ0v) is 19.3. The normalized spacial score (nSPS) is 11.9. The Labute approximate surface area is 195 Å². The summed E-state index contributed by atoms with van der Waals surface area (Å²) in [5.41, 5.74) is 1.33. The number of halogens is 3. The van der Waals surface area contributed by atoms with Gasteiger partial charge in [-0.15, -0.1) is 0 Å². The predicted molar refractivity (Wildman–Crippen MR) is 121 cm³/mol. The fourth-order valence-corrected chi connectivity index (χ4v) is 3.55. The van der Waals surface area contributed by atoms with E-state index in [4.69, 9.17) is 5.26 Å². The summed E-state index contributed by atoms with van der Waals surface area (Å²) >= 11 is 0. The lowest BCUT2D eigenvalue weighted by atomic mass is 10.0. The number of carbonyl (C=O) groups excluding carboxylic acids is 1. The molecule has 0 bridgehead atoms. The van der Waals surface area contributed by atoms with Crippen molar-refractivity contribution in [3.05, 3.63) is 81.7 Å². The van der Waals surface area contributed by atoms with Crippen LogP contribution in [0.1, 0.15) is 57.8 Å². The van der Waals surface area contributed by atoms with E-state index in [1.807, 2.05) is 0 Å². The molecule has 3 rings (SSSR count). The van der Waals surface area contributed by atoms with Gasteiger partial charge in [0.2, 0.25) is 0 Å². The van der Waals surface area contributed by atoms with Gasteiger partial charge in [0.1, 0.15) is 0 Å². The SMILES string of the molecule is Cc1nn(-c2ccc(C#N)c(C(F)(F)F)c2)c(C)c1Cc1ccc(C(=O)NCC(C)(C)O)cc1. The molecule has 0 spiro atoms. The van der Waals surface area contributed by atoms with Crippen LogP contribution < -0.4 is 5.32 Å². The van der Waals surface area contributed by atoms with E-state index >= 15 is 0 Å². The molecule has 0 saturated carbocycles. The van der Waals surface area contributed by atoms with E-state index in [1.165, 1.54) is 10.7 Å². The number of nitrogens with zero attached hydrogens (tertiary/aromatic N) is 3. The Bertz CT molecular complexity index is 1250. The van der Waals surface area contributed by atoms with Crippen LogP contribution >= 0.6 is 0 Å². The molecular formula is C25H25F3N4O2. The molecule has 6 nitrogen and oxygen atoms in total. The molecule has 2 aromatic carbocycles. The van der Waals surface area contributed by atoms with Crippen LogP contribution in [0.25, 0.3) is 5.69 Å². The maximum Gasteiger partial charge on any atom is 0.417 e. The summed E-state index contributed by atoms with van der Waals surface area (Å²) in [5, 5.41) is 25.9. The Kier molecular flexibility index (Phi) is 6.84. The first-order valence-electron chi connectivity index (χ1n) is 10.6. The van der Waals surface area contributed by atoms with Gasteiger partial charge in [-0.1, -0.05) is 12.1 Å². The van der Waals surface area contributed by atoms with Gasteiger partial charge < -0.3 is 10.4 Å². The molecule has 1 aromatic heterocycles. The van der Waals surface area contributed by atoms with E-state index in [-0.39, 0.29) is 18.1 Å². The van der Waals surface area contributed by atoms with Crippen molar-refractivity contribution >= 4 is 5.91 Å². The molecule has 1 amide bonds. The van der Waals surface area contributed by atoms with Crippen LogP contribution in [0.4, 0.5) is 13.2 Å². The maximum atomic E-state index is 13.4. The number of hydrogen-bond acceptors (Lipinski definition) is 4. The van der Waals surface area contributed by atoms with Crippen LogP contribution in [0.15, 0.2) is 42.5 Å². The third kappa shape index (κ3) is 5.64. The highest BCUT2D eigenvalue weighted by molar-refractivity contribution is 5.94. The lowest BCUT2D eigenvalue weighted by molar-refractivity contribution is -0.137. The number of amides is 1. The van der Waals surface area contributed by atoms with Crippen molar-refractivity contribution in [1.82, 2.24) is 15.1 Å². The molecule has 0 saturated heterocycles. The quantitative estimate of drug-likeness (QED) is 0.556. The van der Waals surface area contributed by atoms with E-state index in [0.717, 1.165) is 23.3 Å². The molecule has 1 heterocycles. The number of aryl methyl sites for hydroxylation is 1. The van der Waals surface area contributed by atoms with Gasteiger partial charge in [-0.25, -0.2) is 4.68 Å². The number of benzene rings is 2. The summed E-state index contributed by atoms with van der Waals surface area (Å²) in [6.07, 6.45) is -4.17. The molecule has 0 aliphatic heterocycles. The van der Waals surface area contributed by atoms with Gasteiger partial charge in [0.25, 0.3) is 5.91 Å². The Morgan fingerprint density at radius 3 is 2.35 bits per heavy atom. The third-order valence-electron chi connectivity index (χ3n) is 5.39. The molecule has 3 aromatic rings. The molecule has 0 atom stereocenters. The molecule has 0 radical (unpaired) electrons. The van der Waals surface area contributed by atoms with Crippen molar-refractivity contribution in [3.8, 4) is 11.8 Å². The van der Waals surface area contributed by atoms with Crippen molar-refractivity contribution in [1.29, 1.82) is 5.26 Å². The second kappa shape index (κ2) is 9.31. The zero-order valence-electron chi connectivity index (χ0n) is 19.3. The minimum absolute atomic E-state index is 0.122. The van der Waals surface area contributed by atoms with E-state index in [1.54, 1.807) is 58.0 Å². The summed E-state index contributed by atoms with van der Waals surface area (Å²) in [7, 11) is 0. The van der Waals surface area contributed by atoms with Gasteiger partial charge in [0.15, 0.2) is 0 Å². The van der Waals surface area contributed by atoms with Crippen LogP contribution in [0.2, 0.25) is 0 Å². The number of aliphatic hydroxyl groups is 1. The lowest BCUT2D eigenvalue weighted by Crippen LogP contribution is -2.38. The van der Waals surface area contributed by atoms with Gasteiger partial charge in [0, 0.05) is 29.8 Å². The van der Waals surface area contributed by atoms with Gasteiger partial charge in [0.05, 0.1) is 34.2 Å². The van der Waals surface area contributed by atoms with E-state index in [2.05, 4.69) is 10.4 Å². The lowest BCUT2D eigenvalue weighted by Gasteiger charge is -2.17. The molecule has 34 heavy (non-hydrogen) atoms. The minimum atomic E-state index is -4.65. The highest BCUT2D eigenvalue weighted by Gasteiger charge is 2.34. The minimum Gasteiger partial charge on any atom is -0.389 e. The van der Waals surface area contributed by atoms with E-state index in [9.17, 15) is 23.1 Å². The van der Waals surface area contributed by atoms with Crippen LogP contribution in [0.5, 0.6) is 0 Å². The number of aromatic nitrogens is 2. The van der Waals surface area contributed by atoms with Crippen molar-refractivity contribution in [2.45, 2.75) is 45.9 Å².